The Balaban J connectivity index is 1.10. The van der Waals surface area contributed by atoms with E-state index < -0.39 is 26.0 Å². The van der Waals surface area contributed by atoms with Crippen molar-refractivity contribution in [2.75, 3.05) is 16.5 Å². The molecule has 72 heavy (non-hydrogen) atoms. The third kappa shape index (κ3) is 9.08. The lowest BCUT2D eigenvalue weighted by Crippen LogP contribution is -2.25. The number of ether oxygens (including phenoxy) is 1. The average molecular weight is 958 g/mol. The van der Waals surface area contributed by atoms with Crippen LogP contribution in [0.2, 0.25) is 0 Å². The number of fused-ring (bicyclic) bond motifs is 4. The summed E-state index contributed by atoms with van der Waals surface area (Å²) in [7, 11) is 0. The third-order valence-corrected chi connectivity index (χ3v) is 14.3. The number of benzene rings is 7. The van der Waals surface area contributed by atoms with Crippen LogP contribution in [0.5, 0.6) is 11.5 Å². The molecule has 7 aromatic carbocycles. The smallest absolute Gasteiger partial charge is 0.137 e. The lowest BCUT2D eigenvalue weighted by atomic mass is 9.80. The molecule has 2 aromatic heterocycles. The van der Waals surface area contributed by atoms with E-state index >= 15 is 0 Å². The number of para-hydroxylation sites is 1. The van der Waals surface area contributed by atoms with Gasteiger partial charge >= 0.3 is 0 Å². The van der Waals surface area contributed by atoms with E-state index in [1.54, 1.807) is 24.4 Å². The molecule has 0 spiro atoms. The number of aryl methyl sites for hydroxylation is 3. The molecule has 0 saturated heterocycles. The summed E-state index contributed by atoms with van der Waals surface area (Å²) >= 11 is 0. The zero-order chi connectivity index (χ0) is 58.7. The van der Waals surface area contributed by atoms with E-state index in [1.807, 2.05) is 128 Å². The third-order valence-electron chi connectivity index (χ3n) is 14.3. The number of nitrogens with zero attached hydrogens (tertiary/aromatic N) is 4. The zero-order valence-electron chi connectivity index (χ0n) is 52.8. The van der Waals surface area contributed by atoms with Gasteiger partial charge in [-0.25, -0.2) is 4.98 Å². The summed E-state index contributed by atoms with van der Waals surface area (Å²) in [5.41, 5.74) is 10.5. The number of anilines is 4. The Morgan fingerprint density at radius 1 is 0.458 bits per heavy atom. The van der Waals surface area contributed by atoms with Crippen molar-refractivity contribution >= 4 is 44.6 Å². The van der Waals surface area contributed by atoms with Gasteiger partial charge in [0.25, 0.3) is 0 Å². The van der Waals surface area contributed by atoms with Crippen molar-refractivity contribution in [1.82, 2.24) is 9.55 Å². The van der Waals surface area contributed by atoms with Crippen molar-refractivity contribution in [3.8, 4) is 39.6 Å². The highest BCUT2D eigenvalue weighted by Gasteiger charge is 2.32. The quantitative estimate of drug-likeness (QED) is 0.159. The topological polar surface area (TPSA) is 33.5 Å². The second-order valence-corrected chi connectivity index (χ2v) is 23.7. The lowest BCUT2D eigenvalue weighted by molar-refractivity contribution is 0.483. The van der Waals surface area contributed by atoms with Crippen LogP contribution in [0.4, 0.5) is 22.7 Å². The van der Waals surface area contributed by atoms with Crippen molar-refractivity contribution in [3.05, 3.63) is 191 Å². The SMILES string of the molecule is [2H]C([2H])([2H])c1cc(-n2c3ccccc3c3ccc(Oc4cccc(N5CN(c6cc(C(C)(C)C)cc(C(C)(C)C)c6)c6ccc(-c7c(C([2H])([2H])[2H])cc(C(C)(C)C)cc7C([2H])([2H])[2H])cc65)c4)cc32)ncc1-c1ccc(C(C)(C)C)cc1. The van der Waals surface area contributed by atoms with Crippen molar-refractivity contribution in [1.29, 1.82) is 0 Å². The number of hydrogen-bond acceptors (Lipinski definition) is 4. The van der Waals surface area contributed by atoms with Gasteiger partial charge in [0.2, 0.25) is 0 Å². The molecule has 0 fully saturated rings. The molecular weight excluding hydrogens is 877 g/mol. The highest BCUT2D eigenvalue weighted by atomic mass is 16.5. The van der Waals surface area contributed by atoms with Gasteiger partial charge < -0.3 is 14.5 Å². The fourth-order valence-corrected chi connectivity index (χ4v) is 9.94. The second kappa shape index (κ2) is 17.6. The van der Waals surface area contributed by atoms with Crippen molar-refractivity contribution < 1.29 is 17.1 Å². The number of pyridine rings is 1. The molecule has 0 bridgehead atoms. The Kier molecular flexibility index (Phi) is 9.41. The molecule has 0 unspecified atom stereocenters. The van der Waals surface area contributed by atoms with E-state index in [1.165, 1.54) is 11.1 Å². The molecule has 0 radical (unpaired) electrons. The van der Waals surface area contributed by atoms with Crippen LogP contribution in [0.25, 0.3) is 49.9 Å². The van der Waals surface area contributed by atoms with Gasteiger partial charge in [-0.2, -0.15) is 0 Å². The summed E-state index contributed by atoms with van der Waals surface area (Å²) in [6.45, 7) is 18.3. The summed E-state index contributed by atoms with van der Waals surface area (Å²) in [5, 5.41) is 1.92. The molecule has 0 saturated carbocycles. The number of hydrogen-bond donors (Lipinski definition) is 0. The zero-order valence-corrected chi connectivity index (χ0v) is 43.8. The van der Waals surface area contributed by atoms with Crippen molar-refractivity contribution in [2.45, 2.75) is 125 Å². The predicted molar refractivity (Wildman–Crippen MR) is 307 cm³/mol. The Bertz CT molecular complexity index is 3830. The standard InChI is InChI=1S/C67H72N4O/c1-42-33-62(68-40-57(42)45-23-26-47(27-24-45)64(4,5)6)71-58-22-17-16-21-55(58)56-29-28-54(39-60(56)71)72-53-20-18-19-51(38-53)69-41-70(52-36-49(66(10,11)12)35-50(37-52)67(13,14)15)59-30-25-46(34-61(59)69)63-43(2)31-48(32-44(63)3)65(7,8)9/h16-40H,41H2,1-15H3/i1D3,2D3,3D3. The fraction of sp³-hybridized carbons (Fsp3) is 0.299. The minimum Gasteiger partial charge on any atom is -0.457 e. The van der Waals surface area contributed by atoms with Crippen LogP contribution in [-0.2, 0) is 21.7 Å². The summed E-state index contributed by atoms with van der Waals surface area (Å²) in [6.07, 6.45) is 1.67. The second-order valence-electron chi connectivity index (χ2n) is 23.7. The molecule has 9 aromatic rings. The van der Waals surface area contributed by atoms with Gasteiger partial charge in [-0.1, -0.05) is 156 Å². The van der Waals surface area contributed by atoms with Gasteiger partial charge in [-0.05, 0) is 159 Å². The first-order valence-electron chi connectivity index (χ1n) is 29.5. The summed E-state index contributed by atoms with van der Waals surface area (Å²) < 4.78 is 87.8. The first-order valence-corrected chi connectivity index (χ1v) is 25.0. The van der Waals surface area contributed by atoms with Gasteiger partial charge in [-0.3, -0.25) is 4.57 Å². The Labute approximate surface area is 441 Å². The molecule has 1 aliphatic rings. The fourth-order valence-electron chi connectivity index (χ4n) is 9.94. The van der Waals surface area contributed by atoms with Gasteiger partial charge in [0.05, 0.1) is 22.4 Å². The summed E-state index contributed by atoms with van der Waals surface area (Å²) in [5.74, 6) is 1.55. The highest BCUT2D eigenvalue weighted by molar-refractivity contribution is 6.09. The molecule has 0 aliphatic carbocycles. The van der Waals surface area contributed by atoms with Crippen LogP contribution in [0.3, 0.4) is 0 Å². The van der Waals surface area contributed by atoms with E-state index in [-0.39, 0.29) is 38.5 Å². The molecule has 0 N–H and O–H groups in total. The molecule has 5 heteroatoms. The number of aromatic nitrogens is 2. The molecule has 0 amide bonds. The van der Waals surface area contributed by atoms with Crippen LogP contribution in [-0.4, -0.2) is 16.2 Å². The first kappa shape index (κ1) is 38.6. The Morgan fingerprint density at radius 2 is 1.06 bits per heavy atom. The van der Waals surface area contributed by atoms with Gasteiger partial charge in [0.1, 0.15) is 24.0 Å². The van der Waals surface area contributed by atoms with Crippen LogP contribution >= 0.6 is 0 Å². The minimum atomic E-state index is -2.62. The summed E-state index contributed by atoms with van der Waals surface area (Å²) in [6, 6.07) is 47.3. The van der Waals surface area contributed by atoms with Crippen molar-refractivity contribution in [3.63, 3.8) is 0 Å². The van der Waals surface area contributed by atoms with E-state index in [0.29, 0.717) is 40.7 Å². The van der Waals surface area contributed by atoms with Gasteiger partial charge in [0.15, 0.2) is 0 Å². The van der Waals surface area contributed by atoms with Crippen molar-refractivity contribution in [2.24, 2.45) is 0 Å². The Morgan fingerprint density at radius 3 is 1.71 bits per heavy atom. The van der Waals surface area contributed by atoms with E-state index in [2.05, 4.69) is 96.4 Å². The maximum Gasteiger partial charge on any atom is 0.137 e. The van der Waals surface area contributed by atoms with Gasteiger partial charge in [-0.15, -0.1) is 0 Å². The van der Waals surface area contributed by atoms with E-state index in [4.69, 9.17) is 22.1 Å². The molecule has 3 heterocycles. The van der Waals surface area contributed by atoms with E-state index in [0.717, 1.165) is 55.7 Å². The molecule has 5 nitrogen and oxygen atoms in total. The number of rotatable bonds is 7. The minimum absolute atomic E-state index is 0.00563. The molecule has 0 atom stereocenters. The monoisotopic (exact) mass is 958 g/mol. The van der Waals surface area contributed by atoms with Gasteiger partial charge in [0, 0.05) is 58.4 Å². The average Bonchev–Trinajstić information content (AvgIpc) is 4.21. The molecule has 366 valence electrons. The molecular formula is C67H72N4O. The largest absolute Gasteiger partial charge is 0.457 e. The summed E-state index contributed by atoms with van der Waals surface area (Å²) in [4.78, 5) is 9.40. The highest BCUT2D eigenvalue weighted by Crippen LogP contribution is 2.49. The van der Waals surface area contributed by atoms with Crippen LogP contribution < -0.4 is 14.5 Å². The van der Waals surface area contributed by atoms with E-state index in [9.17, 15) is 0 Å². The maximum absolute atomic E-state index is 8.80. The van der Waals surface area contributed by atoms with Crippen LogP contribution in [0.15, 0.2) is 152 Å². The normalized spacial score (nSPS) is 15.8. The lowest BCUT2D eigenvalue weighted by Gasteiger charge is -2.29. The molecule has 10 rings (SSSR count). The first-order chi connectivity index (χ1) is 37.6. The molecule has 1 aliphatic heterocycles. The van der Waals surface area contributed by atoms with Crippen LogP contribution in [0.1, 0.15) is 134 Å². The predicted octanol–water partition coefficient (Wildman–Crippen LogP) is 18.7. The maximum atomic E-state index is 8.80. The van der Waals surface area contributed by atoms with Crippen LogP contribution in [0, 0.1) is 20.6 Å². The Hall–Kier alpha value is -7.11.